The number of aromatic hydroxyl groups is 1. The van der Waals surface area contributed by atoms with E-state index in [1.54, 1.807) is 18.2 Å². The maximum absolute atomic E-state index is 12.1. The van der Waals surface area contributed by atoms with Crippen LogP contribution in [0.15, 0.2) is 40.9 Å². The van der Waals surface area contributed by atoms with Crippen molar-refractivity contribution in [2.24, 2.45) is 0 Å². The normalized spacial score (nSPS) is 10.3. The number of carbonyl (C=O) groups excluding carboxylic acids is 1. The molecule has 2 aromatic carbocycles. The summed E-state index contributed by atoms with van der Waals surface area (Å²) in [5, 5.41) is 12.8. The molecule has 0 aliphatic carbocycles. The SMILES string of the molecule is Cc1cccc(Cl)c1NC(=O)c1ccc(Br)c(O)c1. The number of hydrogen-bond donors (Lipinski definition) is 2. The summed E-state index contributed by atoms with van der Waals surface area (Å²) in [5.74, 6) is -0.303. The van der Waals surface area contributed by atoms with Gasteiger partial charge in [0, 0.05) is 5.56 Å². The summed E-state index contributed by atoms with van der Waals surface area (Å²) in [6, 6.07) is 10.0. The summed E-state index contributed by atoms with van der Waals surface area (Å²) in [6.45, 7) is 1.86. The van der Waals surface area contributed by atoms with Crippen LogP contribution >= 0.6 is 27.5 Å². The molecule has 0 saturated carbocycles. The number of rotatable bonds is 2. The Morgan fingerprint density at radius 1 is 1.32 bits per heavy atom. The van der Waals surface area contributed by atoms with E-state index in [-0.39, 0.29) is 11.7 Å². The van der Waals surface area contributed by atoms with Crippen LogP contribution in [0.1, 0.15) is 15.9 Å². The molecule has 2 rings (SSSR count). The van der Waals surface area contributed by atoms with Gasteiger partial charge in [-0.3, -0.25) is 4.79 Å². The number of phenolic OH excluding ortho intramolecular Hbond substituents is 1. The predicted octanol–water partition coefficient (Wildman–Crippen LogP) is 4.37. The van der Waals surface area contributed by atoms with E-state index < -0.39 is 0 Å². The number of carbonyl (C=O) groups is 1. The van der Waals surface area contributed by atoms with E-state index in [2.05, 4.69) is 21.2 Å². The van der Waals surface area contributed by atoms with E-state index in [4.69, 9.17) is 11.6 Å². The Morgan fingerprint density at radius 3 is 2.68 bits per heavy atom. The van der Waals surface area contributed by atoms with Gasteiger partial charge in [-0.05, 0) is 52.7 Å². The molecule has 0 aromatic heterocycles. The highest BCUT2D eigenvalue weighted by molar-refractivity contribution is 9.10. The topological polar surface area (TPSA) is 49.3 Å². The lowest BCUT2D eigenvalue weighted by Crippen LogP contribution is -2.13. The summed E-state index contributed by atoms with van der Waals surface area (Å²) in [7, 11) is 0. The molecule has 0 atom stereocenters. The largest absolute Gasteiger partial charge is 0.507 e. The van der Waals surface area contributed by atoms with Gasteiger partial charge in [0.25, 0.3) is 5.91 Å². The van der Waals surface area contributed by atoms with Crippen LogP contribution in [0, 0.1) is 6.92 Å². The molecule has 0 saturated heterocycles. The first kappa shape index (κ1) is 13.9. The van der Waals surface area contributed by atoms with E-state index in [1.807, 2.05) is 19.1 Å². The van der Waals surface area contributed by atoms with Crippen molar-refractivity contribution in [1.29, 1.82) is 0 Å². The van der Waals surface area contributed by atoms with Crippen LogP contribution in [0.4, 0.5) is 5.69 Å². The molecule has 0 fully saturated rings. The molecule has 19 heavy (non-hydrogen) atoms. The minimum atomic E-state index is -0.320. The van der Waals surface area contributed by atoms with E-state index in [0.29, 0.717) is 20.7 Å². The molecular formula is C14H11BrClNO2. The molecule has 98 valence electrons. The van der Waals surface area contributed by atoms with Crippen molar-refractivity contribution >= 4 is 39.1 Å². The number of halogens is 2. The van der Waals surface area contributed by atoms with Gasteiger partial charge in [-0.2, -0.15) is 0 Å². The maximum Gasteiger partial charge on any atom is 0.255 e. The Morgan fingerprint density at radius 2 is 2.05 bits per heavy atom. The third-order valence-electron chi connectivity index (χ3n) is 2.67. The van der Waals surface area contributed by atoms with Gasteiger partial charge >= 0.3 is 0 Å². The summed E-state index contributed by atoms with van der Waals surface area (Å²) in [5.41, 5.74) is 1.82. The van der Waals surface area contributed by atoms with Crippen molar-refractivity contribution in [2.45, 2.75) is 6.92 Å². The molecule has 0 unspecified atom stereocenters. The first-order valence-electron chi connectivity index (χ1n) is 5.54. The minimum Gasteiger partial charge on any atom is -0.507 e. The van der Waals surface area contributed by atoms with Crippen molar-refractivity contribution < 1.29 is 9.90 Å². The lowest BCUT2D eigenvalue weighted by molar-refractivity contribution is 0.102. The molecule has 0 aliphatic heterocycles. The molecule has 3 nitrogen and oxygen atoms in total. The third-order valence-corrected chi connectivity index (χ3v) is 3.65. The van der Waals surface area contributed by atoms with Crippen molar-refractivity contribution in [3.8, 4) is 5.75 Å². The Kier molecular flexibility index (Phi) is 4.12. The molecule has 2 aromatic rings. The zero-order valence-corrected chi connectivity index (χ0v) is 12.4. The lowest BCUT2D eigenvalue weighted by atomic mass is 10.1. The quantitative estimate of drug-likeness (QED) is 0.853. The highest BCUT2D eigenvalue weighted by Gasteiger charge is 2.11. The Hall–Kier alpha value is -1.52. The number of phenols is 1. The van der Waals surface area contributed by atoms with E-state index >= 15 is 0 Å². The lowest BCUT2D eigenvalue weighted by Gasteiger charge is -2.10. The second-order valence-corrected chi connectivity index (χ2v) is 5.31. The zero-order valence-electron chi connectivity index (χ0n) is 10.1. The Balaban J connectivity index is 2.28. The van der Waals surface area contributed by atoms with Crippen LogP contribution in [0.3, 0.4) is 0 Å². The van der Waals surface area contributed by atoms with E-state index in [9.17, 15) is 9.90 Å². The summed E-state index contributed by atoms with van der Waals surface area (Å²) < 4.78 is 0.540. The van der Waals surface area contributed by atoms with Crippen molar-refractivity contribution in [3.05, 3.63) is 57.0 Å². The van der Waals surface area contributed by atoms with Gasteiger partial charge in [-0.25, -0.2) is 0 Å². The first-order chi connectivity index (χ1) is 8.99. The highest BCUT2D eigenvalue weighted by Crippen LogP contribution is 2.27. The van der Waals surface area contributed by atoms with Gasteiger partial charge in [0.05, 0.1) is 15.2 Å². The molecule has 0 heterocycles. The fourth-order valence-electron chi connectivity index (χ4n) is 1.63. The predicted molar refractivity (Wildman–Crippen MR) is 79.9 cm³/mol. The fourth-order valence-corrected chi connectivity index (χ4v) is 2.15. The number of hydrogen-bond acceptors (Lipinski definition) is 2. The monoisotopic (exact) mass is 339 g/mol. The summed E-state index contributed by atoms with van der Waals surface area (Å²) >= 11 is 9.21. The van der Waals surface area contributed by atoms with Crippen LogP contribution in [-0.2, 0) is 0 Å². The molecule has 2 N–H and O–H groups in total. The van der Waals surface area contributed by atoms with E-state index in [0.717, 1.165) is 5.56 Å². The van der Waals surface area contributed by atoms with Crippen LogP contribution in [-0.4, -0.2) is 11.0 Å². The van der Waals surface area contributed by atoms with Crippen LogP contribution in [0.2, 0.25) is 5.02 Å². The Labute approximate surface area is 124 Å². The van der Waals surface area contributed by atoms with Crippen molar-refractivity contribution in [2.75, 3.05) is 5.32 Å². The van der Waals surface area contributed by atoms with Crippen molar-refractivity contribution in [3.63, 3.8) is 0 Å². The third kappa shape index (κ3) is 3.08. The average Bonchev–Trinajstić information content (AvgIpc) is 2.37. The van der Waals surface area contributed by atoms with Crippen LogP contribution in [0.25, 0.3) is 0 Å². The van der Waals surface area contributed by atoms with Crippen molar-refractivity contribution in [1.82, 2.24) is 0 Å². The number of aryl methyl sites for hydroxylation is 1. The zero-order chi connectivity index (χ0) is 14.0. The van der Waals surface area contributed by atoms with Gasteiger partial charge < -0.3 is 10.4 Å². The maximum atomic E-state index is 12.1. The summed E-state index contributed by atoms with van der Waals surface area (Å²) in [6.07, 6.45) is 0. The molecule has 0 aliphatic rings. The number of para-hydroxylation sites is 1. The Bertz CT molecular complexity index is 623. The highest BCUT2D eigenvalue weighted by atomic mass is 79.9. The second-order valence-electron chi connectivity index (χ2n) is 4.05. The fraction of sp³-hybridized carbons (Fsp3) is 0.0714. The van der Waals surface area contributed by atoms with E-state index in [1.165, 1.54) is 6.07 Å². The summed E-state index contributed by atoms with van der Waals surface area (Å²) in [4.78, 5) is 12.1. The van der Waals surface area contributed by atoms with Gasteiger partial charge in [-0.15, -0.1) is 0 Å². The molecular weight excluding hydrogens is 330 g/mol. The number of anilines is 1. The van der Waals surface area contributed by atoms with Crippen LogP contribution < -0.4 is 5.32 Å². The first-order valence-corrected chi connectivity index (χ1v) is 6.71. The van der Waals surface area contributed by atoms with Crippen LogP contribution in [0.5, 0.6) is 5.75 Å². The number of benzene rings is 2. The smallest absolute Gasteiger partial charge is 0.255 e. The molecule has 0 spiro atoms. The molecule has 0 radical (unpaired) electrons. The molecule has 1 amide bonds. The number of amides is 1. The standard InChI is InChI=1S/C14H11BrClNO2/c1-8-3-2-4-11(16)13(8)17-14(19)9-5-6-10(15)12(18)7-9/h2-7,18H,1H3,(H,17,19). The minimum absolute atomic E-state index is 0.0172. The van der Waals surface area contributed by atoms with Gasteiger partial charge in [-0.1, -0.05) is 23.7 Å². The average molecular weight is 341 g/mol. The van der Waals surface area contributed by atoms with Gasteiger partial charge in [0.2, 0.25) is 0 Å². The molecule has 0 bridgehead atoms. The number of nitrogens with one attached hydrogen (secondary N) is 1. The molecule has 5 heteroatoms. The van der Waals surface area contributed by atoms with Gasteiger partial charge in [0.15, 0.2) is 0 Å². The second kappa shape index (κ2) is 5.63. The van der Waals surface area contributed by atoms with Gasteiger partial charge in [0.1, 0.15) is 5.75 Å².